The van der Waals surface area contributed by atoms with Crippen LogP contribution in [0.5, 0.6) is 11.5 Å². The van der Waals surface area contributed by atoms with E-state index < -0.39 is 0 Å². The van der Waals surface area contributed by atoms with Crippen LogP contribution in [0.1, 0.15) is 19.4 Å². The van der Waals surface area contributed by atoms with Crippen molar-refractivity contribution < 1.29 is 23.9 Å². The zero-order valence-corrected chi connectivity index (χ0v) is 16.9. The fraction of sp³-hybridized carbons (Fsp3) is 0.348. The van der Waals surface area contributed by atoms with Gasteiger partial charge >= 0.3 is 0 Å². The number of morpholine rings is 1. The molecule has 29 heavy (non-hydrogen) atoms. The predicted octanol–water partition coefficient (Wildman–Crippen LogP) is 2.37. The minimum Gasteiger partial charge on any atom is -0.507 e. The molecule has 3 aromatic rings. The molecule has 1 saturated heterocycles. The van der Waals surface area contributed by atoms with Crippen LogP contribution in [-0.2, 0) is 11.3 Å². The van der Waals surface area contributed by atoms with Crippen LogP contribution in [0.15, 0.2) is 51.9 Å². The second-order valence-electron chi connectivity index (χ2n) is 7.71. The molecule has 0 bridgehead atoms. The number of ether oxygens (including phenoxy) is 2. The number of benzene rings is 2. The van der Waals surface area contributed by atoms with E-state index in [1.807, 2.05) is 24.3 Å². The summed E-state index contributed by atoms with van der Waals surface area (Å²) in [4.78, 5) is 14.5. The van der Waals surface area contributed by atoms with Crippen LogP contribution in [-0.4, -0.2) is 37.5 Å². The normalized spacial score (nSPS) is 22.0. The van der Waals surface area contributed by atoms with E-state index in [0.29, 0.717) is 40.0 Å². The van der Waals surface area contributed by atoms with Gasteiger partial charge in [0.1, 0.15) is 55.2 Å². The minimum absolute atomic E-state index is 0.143. The molecule has 152 valence electrons. The highest BCUT2D eigenvalue weighted by Crippen LogP contribution is 2.31. The lowest BCUT2D eigenvalue weighted by Crippen LogP contribution is -3.14. The quantitative estimate of drug-likeness (QED) is 0.708. The van der Waals surface area contributed by atoms with E-state index in [9.17, 15) is 9.90 Å². The molecule has 1 aromatic heterocycles. The third kappa shape index (κ3) is 3.73. The number of nitrogens with one attached hydrogen (secondary N) is 1. The topological polar surface area (TPSA) is 73.3 Å². The molecular weight excluding hydrogens is 370 g/mol. The zero-order valence-electron chi connectivity index (χ0n) is 16.9. The Morgan fingerprint density at radius 1 is 1.10 bits per heavy atom. The van der Waals surface area contributed by atoms with Crippen LogP contribution in [0.25, 0.3) is 22.1 Å². The van der Waals surface area contributed by atoms with Gasteiger partial charge in [-0.1, -0.05) is 18.2 Å². The van der Waals surface area contributed by atoms with Crippen molar-refractivity contribution in [2.24, 2.45) is 0 Å². The first-order valence-corrected chi connectivity index (χ1v) is 9.86. The van der Waals surface area contributed by atoms with Gasteiger partial charge in [-0.05, 0) is 32.0 Å². The molecule has 0 spiro atoms. The van der Waals surface area contributed by atoms with E-state index in [-0.39, 0.29) is 23.4 Å². The number of rotatable bonds is 4. The minimum atomic E-state index is -0.143. The van der Waals surface area contributed by atoms with Gasteiger partial charge in [0.25, 0.3) is 0 Å². The van der Waals surface area contributed by atoms with Crippen molar-refractivity contribution >= 4 is 11.0 Å². The van der Waals surface area contributed by atoms with Crippen molar-refractivity contribution in [3.63, 3.8) is 0 Å². The highest BCUT2D eigenvalue weighted by Gasteiger charge is 2.28. The average molecular weight is 396 g/mol. The maximum Gasteiger partial charge on any atom is 0.200 e. The first-order valence-electron chi connectivity index (χ1n) is 9.86. The van der Waals surface area contributed by atoms with Crippen LogP contribution in [0.3, 0.4) is 0 Å². The smallest absolute Gasteiger partial charge is 0.200 e. The number of quaternary nitrogens is 1. The molecule has 2 heterocycles. The molecule has 4 rings (SSSR count). The number of fused-ring (bicyclic) bond motifs is 1. The zero-order chi connectivity index (χ0) is 20.5. The van der Waals surface area contributed by atoms with Crippen LogP contribution in [0, 0.1) is 0 Å². The Balaban J connectivity index is 1.79. The number of phenols is 1. The summed E-state index contributed by atoms with van der Waals surface area (Å²) in [6.07, 6.45) is 1.76. The van der Waals surface area contributed by atoms with Gasteiger partial charge in [-0.15, -0.1) is 0 Å². The number of aromatic hydroxyl groups is 1. The number of phenolic OH excluding ortho intramolecular Hbond substituents is 1. The van der Waals surface area contributed by atoms with Gasteiger partial charge < -0.3 is 23.9 Å². The van der Waals surface area contributed by atoms with Crippen LogP contribution >= 0.6 is 0 Å². The van der Waals surface area contributed by atoms with Crippen molar-refractivity contribution in [2.45, 2.75) is 32.6 Å². The van der Waals surface area contributed by atoms with Gasteiger partial charge in [0.2, 0.25) is 5.43 Å². The summed E-state index contributed by atoms with van der Waals surface area (Å²) in [6.45, 7) is 6.35. The lowest BCUT2D eigenvalue weighted by atomic mass is 10.0. The lowest BCUT2D eigenvalue weighted by Gasteiger charge is -2.32. The van der Waals surface area contributed by atoms with Crippen molar-refractivity contribution in [1.29, 1.82) is 0 Å². The van der Waals surface area contributed by atoms with E-state index in [0.717, 1.165) is 13.1 Å². The molecule has 6 nitrogen and oxygen atoms in total. The molecular formula is C23H26NO5+. The van der Waals surface area contributed by atoms with E-state index in [1.165, 1.54) is 11.2 Å². The second-order valence-corrected chi connectivity index (χ2v) is 7.71. The highest BCUT2D eigenvalue weighted by molar-refractivity contribution is 5.86. The molecule has 6 heteroatoms. The van der Waals surface area contributed by atoms with E-state index in [4.69, 9.17) is 13.9 Å². The Kier molecular flexibility index (Phi) is 5.30. The molecule has 2 aromatic carbocycles. The molecule has 0 saturated carbocycles. The summed E-state index contributed by atoms with van der Waals surface area (Å²) in [6, 6.07) is 10.6. The Labute approximate surface area is 169 Å². The largest absolute Gasteiger partial charge is 0.507 e. The molecule has 0 radical (unpaired) electrons. The lowest BCUT2D eigenvalue weighted by molar-refractivity contribution is -0.928. The summed E-state index contributed by atoms with van der Waals surface area (Å²) < 4.78 is 17.1. The molecule has 0 amide bonds. The first kappa shape index (κ1) is 19.5. The Bertz CT molecular complexity index is 1080. The van der Waals surface area contributed by atoms with Crippen LogP contribution in [0.4, 0.5) is 0 Å². The monoisotopic (exact) mass is 396 g/mol. The maximum absolute atomic E-state index is 13.2. The van der Waals surface area contributed by atoms with Gasteiger partial charge in [-0.25, -0.2) is 0 Å². The van der Waals surface area contributed by atoms with Gasteiger partial charge in [-0.2, -0.15) is 0 Å². The fourth-order valence-corrected chi connectivity index (χ4v) is 4.25. The molecule has 1 fully saturated rings. The SMILES string of the molecule is COc1ccccc1-c1coc2c(C[NH+]3C[C@@H](C)O[C@H](C)C3)c(O)ccc2c1=O. The number of hydrogen-bond donors (Lipinski definition) is 2. The molecule has 2 N–H and O–H groups in total. The first-order chi connectivity index (χ1) is 14.0. The Hall–Kier alpha value is -2.83. The number of methoxy groups -OCH3 is 1. The van der Waals surface area contributed by atoms with Crippen LogP contribution < -0.4 is 15.1 Å². The van der Waals surface area contributed by atoms with E-state index in [1.54, 1.807) is 19.2 Å². The second kappa shape index (κ2) is 7.89. The third-order valence-corrected chi connectivity index (χ3v) is 5.46. The average Bonchev–Trinajstić information content (AvgIpc) is 2.70. The van der Waals surface area contributed by atoms with Gasteiger partial charge in [0.15, 0.2) is 0 Å². The standard InChI is InChI=1S/C23H25NO5/c1-14-10-24(11-15(2)29-14)12-18-20(25)9-8-17-22(26)19(13-28-23(17)18)16-6-4-5-7-21(16)27-3/h4-9,13-15,25H,10-12H2,1-3H3/p+1/t14-,15-/m1/s1. The Morgan fingerprint density at radius 3 is 2.55 bits per heavy atom. The van der Waals surface area contributed by atoms with E-state index in [2.05, 4.69) is 13.8 Å². The van der Waals surface area contributed by atoms with Gasteiger partial charge in [0.05, 0.1) is 23.6 Å². The van der Waals surface area contributed by atoms with Crippen LogP contribution in [0.2, 0.25) is 0 Å². The van der Waals surface area contributed by atoms with Gasteiger partial charge in [0, 0.05) is 5.56 Å². The maximum atomic E-state index is 13.2. The molecule has 1 aliphatic rings. The van der Waals surface area contributed by atoms with Crippen molar-refractivity contribution in [3.05, 3.63) is 58.4 Å². The summed E-state index contributed by atoms with van der Waals surface area (Å²) >= 11 is 0. The molecule has 0 aliphatic carbocycles. The summed E-state index contributed by atoms with van der Waals surface area (Å²) in [7, 11) is 1.57. The third-order valence-electron chi connectivity index (χ3n) is 5.46. The highest BCUT2D eigenvalue weighted by atomic mass is 16.5. The van der Waals surface area contributed by atoms with Crippen molar-refractivity contribution in [2.75, 3.05) is 20.2 Å². The summed E-state index contributed by atoms with van der Waals surface area (Å²) in [5.41, 5.74) is 2.07. The number of hydrogen-bond acceptors (Lipinski definition) is 5. The molecule has 0 unspecified atom stereocenters. The molecule has 2 atom stereocenters. The fourth-order valence-electron chi connectivity index (χ4n) is 4.25. The predicted molar refractivity (Wildman–Crippen MR) is 111 cm³/mol. The van der Waals surface area contributed by atoms with Crippen molar-refractivity contribution in [1.82, 2.24) is 0 Å². The van der Waals surface area contributed by atoms with Crippen molar-refractivity contribution in [3.8, 4) is 22.6 Å². The summed E-state index contributed by atoms with van der Waals surface area (Å²) in [5, 5.41) is 11.0. The van der Waals surface area contributed by atoms with Gasteiger partial charge in [-0.3, -0.25) is 4.79 Å². The summed E-state index contributed by atoms with van der Waals surface area (Å²) in [5.74, 6) is 0.754. The molecule has 1 aliphatic heterocycles. The Morgan fingerprint density at radius 2 is 1.83 bits per heavy atom. The number of para-hydroxylation sites is 1. The van der Waals surface area contributed by atoms with E-state index >= 15 is 0 Å².